The number of halogens is 1. The van der Waals surface area contributed by atoms with E-state index in [4.69, 9.17) is 5.10 Å². The van der Waals surface area contributed by atoms with Crippen LogP contribution in [0, 0.1) is 5.82 Å². The standard InChI is InChI=1S/C22H23FN8/c1-30-14-15(4-6-21(30)28-22-17(23)3-2-10-25-22)18-13-26-20-7-5-19(29-31(18)20)27-16-8-11-24-12-9-16/h2-7,10,13-14,16,24H,8-9,11-12H2,1H3,(H,27,29)/p+1. The van der Waals surface area contributed by atoms with Gasteiger partial charge in [0.15, 0.2) is 11.5 Å². The van der Waals surface area contributed by atoms with Gasteiger partial charge in [-0.2, -0.15) is 0 Å². The molecular formula is C22H24FN8+. The van der Waals surface area contributed by atoms with Crippen LogP contribution < -0.4 is 20.5 Å². The van der Waals surface area contributed by atoms with E-state index >= 15 is 0 Å². The Balaban J connectivity index is 1.42. The van der Waals surface area contributed by atoms with Crippen molar-refractivity contribution in [2.75, 3.05) is 23.7 Å². The molecule has 0 aliphatic carbocycles. The number of nitrogens with one attached hydrogen (secondary N) is 3. The highest BCUT2D eigenvalue weighted by Crippen LogP contribution is 2.22. The summed E-state index contributed by atoms with van der Waals surface area (Å²) in [6.45, 7) is 2.05. The molecule has 1 fully saturated rings. The van der Waals surface area contributed by atoms with Crippen LogP contribution in [0.5, 0.6) is 0 Å². The number of anilines is 3. The smallest absolute Gasteiger partial charge is 0.280 e. The van der Waals surface area contributed by atoms with Gasteiger partial charge >= 0.3 is 0 Å². The normalized spacial score (nSPS) is 14.6. The minimum absolute atomic E-state index is 0.191. The van der Waals surface area contributed by atoms with Crippen LogP contribution in [-0.2, 0) is 7.05 Å². The van der Waals surface area contributed by atoms with Gasteiger partial charge in [-0.25, -0.2) is 28.8 Å². The average molecular weight is 419 g/mol. The number of aromatic nitrogens is 5. The fourth-order valence-corrected chi connectivity index (χ4v) is 3.81. The van der Waals surface area contributed by atoms with Crippen molar-refractivity contribution < 1.29 is 8.96 Å². The average Bonchev–Trinajstić information content (AvgIpc) is 3.20. The molecule has 0 radical (unpaired) electrons. The van der Waals surface area contributed by atoms with E-state index in [1.807, 2.05) is 52.8 Å². The van der Waals surface area contributed by atoms with Crippen molar-refractivity contribution in [2.45, 2.75) is 18.9 Å². The summed E-state index contributed by atoms with van der Waals surface area (Å²) in [5, 5.41) is 14.7. The molecule has 0 aromatic carbocycles. The van der Waals surface area contributed by atoms with Gasteiger partial charge in [0.25, 0.3) is 11.6 Å². The fourth-order valence-electron chi connectivity index (χ4n) is 3.81. The maximum Gasteiger partial charge on any atom is 0.280 e. The second-order valence-electron chi connectivity index (χ2n) is 7.67. The van der Waals surface area contributed by atoms with E-state index in [-0.39, 0.29) is 5.82 Å². The largest absolute Gasteiger partial charge is 0.366 e. The molecule has 4 aromatic heterocycles. The third-order valence-electron chi connectivity index (χ3n) is 5.49. The maximum atomic E-state index is 13.9. The first-order valence-corrected chi connectivity index (χ1v) is 10.4. The fraction of sp³-hybridized carbons (Fsp3) is 0.273. The molecule has 0 amide bonds. The summed E-state index contributed by atoms with van der Waals surface area (Å²) in [7, 11) is 1.90. The van der Waals surface area contributed by atoms with Crippen molar-refractivity contribution in [3.8, 4) is 11.3 Å². The van der Waals surface area contributed by atoms with Crippen LogP contribution in [0.25, 0.3) is 16.9 Å². The van der Waals surface area contributed by atoms with Gasteiger partial charge in [-0.3, -0.25) is 0 Å². The highest BCUT2D eigenvalue weighted by Gasteiger charge is 2.17. The number of pyridine rings is 2. The Morgan fingerprint density at radius 1 is 1.13 bits per heavy atom. The van der Waals surface area contributed by atoms with Crippen LogP contribution in [-0.4, -0.2) is 38.7 Å². The lowest BCUT2D eigenvalue weighted by atomic mass is 10.1. The molecule has 158 valence electrons. The molecule has 0 atom stereocenters. The third-order valence-corrected chi connectivity index (χ3v) is 5.49. The summed E-state index contributed by atoms with van der Waals surface area (Å²) in [4.78, 5) is 8.54. The third kappa shape index (κ3) is 4.04. The van der Waals surface area contributed by atoms with Crippen molar-refractivity contribution >= 4 is 23.1 Å². The van der Waals surface area contributed by atoms with E-state index in [1.165, 1.54) is 6.07 Å². The van der Waals surface area contributed by atoms with Crippen LogP contribution in [0.4, 0.5) is 21.8 Å². The topological polar surface area (TPSA) is 83.0 Å². The highest BCUT2D eigenvalue weighted by molar-refractivity contribution is 5.63. The quantitative estimate of drug-likeness (QED) is 0.432. The van der Waals surface area contributed by atoms with Crippen molar-refractivity contribution in [1.82, 2.24) is 24.9 Å². The molecule has 5 heterocycles. The molecule has 1 aliphatic rings. The summed E-state index contributed by atoms with van der Waals surface area (Å²) in [5.74, 6) is 1.35. The molecule has 8 nitrogen and oxygen atoms in total. The van der Waals surface area contributed by atoms with E-state index in [2.05, 4.69) is 25.9 Å². The number of aryl methyl sites for hydroxylation is 1. The molecule has 4 aromatic rings. The lowest BCUT2D eigenvalue weighted by Crippen LogP contribution is -2.35. The zero-order valence-electron chi connectivity index (χ0n) is 17.2. The SMILES string of the molecule is C[n+]1cc(-c2cnc3ccc(NC4CCNCC4)nn23)ccc1Nc1ncccc1F. The van der Waals surface area contributed by atoms with Gasteiger partial charge in [0, 0.05) is 23.9 Å². The van der Waals surface area contributed by atoms with Gasteiger partial charge in [0.2, 0.25) is 0 Å². The van der Waals surface area contributed by atoms with Crippen molar-refractivity contribution in [2.24, 2.45) is 7.05 Å². The second kappa shape index (κ2) is 8.27. The summed E-state index contributed by atoms with van der Waals surface area (Å²) in [6.07, 6.45) is 7.49. The van der Waals surface area contributed by atoms with Crippen molar-refractivity contribution in [3.05, 3.63) is 60.8 Å². The van der Waals surface area contributed by atoms with Crippen molar-refractivity contribution in [3.63, 3.8) is 0 Å². The predicted octanol–water partition coefficient (Wildman–Crippen LogP) is 2.66. The highest BCUT2D eigenvalue weighted by atomic mass is 19.1. The minimum atomic E-state index is -0.397. The number of nitrogens with zero attached hydrogens (tertiary/aromatic N) is 5. The van der Waals surface area contributed by atoms with Crippen LogP contribution in [0.1, 0.15) is 12.8 Å². The zero-order valence-corrected chi connectivity index (χ0v) is 17.2. The molecule has 0 bridgehead atoms. The Morgan fingerprint density at radius 3 is 2.81 bits per heavy atom. The molecular weight excluding hydrogens is 395 g/mol. The molecule has 0 saturated carbocycles. The summed E-state index contributed by atoms with van der Waals surface area (Å²) in [6, 6.07) is 11.2. The number of hydrogen-bond donors (Lipinski definition) is 3. The Morgan fingerprint density at radius 2 is 2.00 bits per heavy atom. The monoisotopic (exact) mass is 419 g/mol. The van der Waals surface area contributed by atoms with Gasteiger partial charge in [-0.05, 0) is 56.3 Å². The van der Waals surface area contributed by atoms with Crippen LogP contribution in [0.15, 0.2) is 55.0 Å². The molecule has 0 unspecified atom stereocenters. The second-order valence-corrected chi connectivity index (χ2v) is 7.67. The minimum Gasteiger partial charge on any atom is -0.366 e. The number of fused-ring (bicyclic) bond motifs is 1. The first kappa shape index (κ1) is 19.4. The summed E-state index contributed by atoms with van der Waals surface area (Å²) < 4.78 is 17.7. The molecule has 0 spiro atoms. The van der Waals surface area contributed by atoms with Gasteiger partial charge in [-0.1, -0.05) is 0 Å². The first-order valence-electron chi connectivity index (χ1n) is 10.4. The van der Waals surface area contributed by atoms with Crippen LogP contribution in [0.3, 0.4) is 0 Å². The molecule has 1 saturated heterocycles. The van der Waals surface area contributed by atoms with E-state index in [1.54, 1.807) is 12.3 Å². The van der Waals surface area contributed by atoms with Crippen LogP contribution >= 0.6 is 0 Å². The Kier molecular flexibility index (Phi) is 5.17. The first-order chi connectivity index (χ1) is 15.2. The van der Waals surface area contributed by atoms with E-state index in [9.17, 15) is 4.39 Å². The van der Waals surface area contributed by atoms with E-state index < -0.39 is 5.82 Å². The molecule has 9 heteroatoms. The molecule has 3 N–H and O–H groups in total. The lowest BCUT2D eigenvalue weighted by molar-refractivity contribution is -0.656. The Hall–Kier alpha value is -3.59. The lowest BCUT2D eigenvalue weighted by Gasteiger charge is -2.24. The Labute approximate surface area is 179 Å². The number of piperidine rings is 1. The van der Waals surface area contributed by atoms with Gasteiger partial charge in [-0.15, -0.1) is 5.10 Å². The molecule has 1 aliphatic heterocycles. The zero-order chi connectivity index (χ0) is 21.2. The molecule has 31 heavy (non-hydrogen) atoms. The predicted molar refractivity (Wildman–Crippen MR) is 117 cm³/mol. The number of imidazole rings is 1. The number of rotatable bonds is 5. The summed E-state index contributed by atoms with van der Waals surface area (Å²) in [5.41, 5.74) is 2.62. The maximum absolute atomic E-state index is 13.9. The van der Waals surface area contributed by atoms with Gasteiger partial charge in [0.05, 0.1) is 25.1 Å². The van der Waals surface area contributed by atoms with Gasteiger partial charge in [0.1, 0.15) is 5.82 Å². The van der Waals surface area contributed by atoms with E-state index in [0.717, 1.165) is 54.5 Å². The molecule has 5 rings (SSSR count). The van der Waals surface area contributed by atoms with Gasteiger partial charge < -0.3 is 10.6 Å². The summed E-state index contributed by atoms with van der Waals surface area (Å²) >= 11 is 0. The number of hydrogen-bond acceptors (Lipinski definition) is 6. The van der Waals surface area contributed by atoms with Crippen molar-refractivity contribution in [1.29, 1.82) is 0 Å². The Bertz CT molecular complexity index is 1220. The van der Waals surface area contributed by atoms with E-state index in [0.29, 0.717) is 6.04 Å². The van der Waals surface area contributed by atoms with Crippen LogP contribution in [0.2, 0.25) is 0 Å².